The SMILES string of the molecule is NC(c1ccn(-c2ccccc2)n1)c1cccs1. The highest BCUT2D eigenvalue weighted by Gasteiger charge is 2.13. The van der Waals surface area contributed by atoms with Crippen LogP contribution in [0.2, 0.25) is 0 Å². The Morgan fingerprint density at radius 3 is 2.61 bits per heavy atom. The van der Waals surface area contributed by atoms with Crippen molar-refractivity contribution in [2.75, 3.05) is 0 Å². The predicted molar refractivity (Wildman–Crippen MR) is 73.9 cm³/mol. The summed E-state index contributed by atoms with van der Waals surface area (Å²) in [5.41, 5.74) is 8.12. The Balaban J connectivity index is 1.90. The second-order valence-electron chi connectivity index (χ2n) is 4.01. The molecule has 0 aliphatic carbocycles. The van der Waals surface area contributed by atoms with Crippen molar-refractivity contribution >= 4 is 11.3 Å². The van der Waals surface area contributed by atoms with Crippen LogP contribution in [0.5, 0.6) is 0 Å². The molecule has 90 valence electrons. The lowest BCUT2D eigenvalue weighted by atomic mass is 10.2. The van der Waals surface area contributed by atoms with E-state index in [1.807, 2.05) is 64.8 Å². The van der Waals surface area contributed by atoms with Gasteiger partial charge in [-0.25, -0.2) is 4.68 Å². The molecule has 0 aliphatic rings. The van der Waals surface area contributed by atoms with Gasteiger partial charge in [-0.2, -0.15) is 5.10 Å². The van der Waals surface area contributed by atoms with Crippen LogP contribution in [0.4, 0.5) is 0 Å². The van der Waals surface area contributed by atoms with Gasteiger partial charge in [0.2, 0.25) is 0 Å². The van der Waals surface area contributed by atoms with Gasteiger partial charge in [-0.1, -0.05) is 24.3 Å². The van der Waals surface area contributed by atoms with Gasteiger partial charge in [-0.15, -0.1) is 11.3 Å². The van der Waals surface area contributed by atoms with Crippen LogP contribution in [0.15, 0.2) is 60.1 Å². The fourth-order valence-electron chi connectivity index (χ4n) is 1.84. The van der Waals surface area contributed by atoms with E-state index in [0.29, 0.717) is 0 Å². The van der Waals surface area contributed by atoms with Gasteiger partial charge in [0.05, 0.1) is 17.4 Å². The molecule has 4 heteroatoms. The van der Waals surface area contributed by atoms with Gasteiger partial charge in [0.1, 0.15) is 0 Å². The summed E-state index contributed by atoms with van der Waals surface area (Å²) < 4.78 is 1.85. The molecule has 2 aromatic heterocycles. The number of aromatic nitrogens is 2. The summed E-state index contributed by atoms with van der Waals surface area (Å²) in [4.78, 5) is 1.13. The van der Waals surface area contributed by atoms with E-state index in [-0.39, 0.29) is 6.04 Å². The highest BCUT2D eigenvalue weighted by molar-refractivity contribution is 7.10. The first kappa shape index (κ1) is 11.2. The van der Waals surface area contributed by atoms with Crippen LogP contribution in [0.25, 0.3) is 5.69 Å². The van der Waals surface area contributed by atoms with Crippen molar-refractivity contribution in [2.24, 2.45) is 5.73 Å². The van der Waals surface area contributed by atoms with Gasteiger partial charge in [-0.3, -0.25) is 0 Å². The summed E-state index contributed by atoms with van der Waals surface area (Å²) >= 11 is 1.66. The van der Waals surface area contributed by atoms with E-state index in [9.17, 15) is 0 Å². The topological polar surface area (TPSA) is 43.8 Å². The van der Waals surface area contributed by atoms with Gasteiger partial charge in [0.15, 0.2) is 0 Å². The number of thiophene rings is 1. The lowest BCUT2D eigenvalue weighted by Gasteiger charge is -2.05. The van der Waals surface area contributed by atoms with Crippen LogP contribution in [0.1, 0.15) is 16.6 Å². The Hall–Kier alpha value is -1.91. The molecule has 2 heterocycles. The third-order valence-corrected chi connectivity index (χ3v) is 3.75. The molecule has 0 amide bonds. The van der Waals surface area contributed by atoms with Crippen LogP contribution in [0, 0.1) is 0 Å². The largest absolute Gasteiger partial charge is 0.318 e. The number of nitrogens with zero attached hydrogens (tertiary/aromatic N) is 2. The van der Waals surface area contributed by atoms with E-state index in [0.717, 1.165) is 16.3 Å². The molecule has 0 fully saturated rings. The standard InChI is InChI=1S/C14H13N3S/c15-14(13-7-4-10-18-13)12-8-9-17(16-12)11-5-2-1-3-6-11/h1-10,14H,15H2. The molecule has 0 radical (unpaired) electrons. The smallest absolute Gasteiger partial charge is 0.0849 e. The van der Waals surface area contributed by atoms with E-state index < -0.39 is 0 Å². The third-order valence-electron chi connectivity index (χ3n) is 2.80. The predicted octanol–water partition coefficient (Wildman–Crippen LogP) is 2.98. The molecule has 1 aromatic carbocycles. The van der Waals surface area contributed by atoms with Gasteiger partial charge in [0, 0.05) is 11.1 Å². The maximum absolute atomic E-state index is 6.19. The Bertz CT molecular complexity index is 614. The minimum atomic E-state index is -0.144. The molecule has 0 aliphatic heterocycles. The zero-order valence-corrected chi connectivity index (χ0v) is 10.5. The fraction of sp³-hybridized carbons (Fsp3) is 0.0714. The van der Waals surface area contributed by atoms with E-state index >= 15 is 0 Å². The Kier molecular flexibility index (Phi) is 2.96. The first-order valence-corrected chi connectivity index (χ1v) is 6.62. The van der Waals surface area contributed by atoms with Crippen LogP contribution in [0.3, 0.4) is 0 Å². The van der Waals surface area contributed by atoms with Gasteiger partial charge >= 0.3 is 0 Å². The first-order valence-electron chi connectivity index (χ1n) is 5.74. The molecule has 0 spiro atoms. The lowest BCUT2D eigenvalue weighted by molar-refractivity contribution is 0.782. The summed E-state index contributed by atoms with van der Waals surface area (Å²) in [6.07, 6.45) is 1.94. The van der Waals surface area contributed by atoms with Crippen molar-refractivity contribution in [3.05, 3.63) is 70.7 Å². The van der Waals surface area contributed by atoms with Crippen molar-refractivity contribution in [3.8, 4) is 5.69 Å². The molecule has 0 bridgehead atoms. The summed E-state index contributed by atoms with van der Waals surface area (Å²) in [5, 5.41) is 6.57. The second-order valence-corrected chi connectivity index (χ2v) is 4.99. The average Bonchev–Trinajstić information content (AvgIpc) is 3.10. The van der Waals surface area contributed by atoms with E-state index in [1.165, 1.54) is 0 Å². The number of nitrogens with two attached hydrogens (primary N) is 1. The van der Waals surface area contributed by atoms with E-state index in [1.54, 1.807) is 11.3 Å². The molecule has 18 heavy (non-hydrogen) atoms. The monoisotopic (exact) mass is 255 g/mol. The molecule has 2 N–H and O–H groups in total. The summed E-state index contributed by atoms with van der Waals surface area (Å²) in [6, 6.07) is 15.9. The highest BCUT2D eigenvalue weighted by atomic mass is 32.1. The highest BCUT2D eigenvalue weighted by Crippen LogP contribution is 2.22. The zero-order chi connectivity index (χ0) is 12.4. The maximum Gasteiger partial charge on any atom is 0.0849 e. The molecule has 1 atom stereocenters. The van der Waals surface area contributed by atoms with Gasteiger partial charge in [-0.05, 0) is 29.6 Å². The first-order chi connectivity index (χ1) is 8.84. The molecular formula is C14H13N3S. The van der Waals surface area contributed by atoms with Crippen molar-refractivity contribution in [3.63, 3.8) is 0 Å². The lowest BCUT2D eigenvalue weighted by Crippen LogP contribution is -2.11. The molecule has 3 rings (SSSR count). The molecule has 3 nitrogen and oxygen atoms in total. The summed E-state index contributed by atoms with van der Waals surface area (Å²) in [5.74, 6) is 0. The minimum Gasteiger partial charge on any atom is -0.318 e. The van der Waals surface area contributed by atoms with Crippen LogP contribution < -0.4 is 5.73 Å². The Labute approximate surface area is 109 Å². The molecule has 3 aromatic rings. The van der Waals surface area contributed by atoms with E-state index in [2.05, 4.69) is 5.10 Å². The number of rotatable bonds is 3. The number of para-hydroxylation sites is 1. The van der Waals surface area contributed by atoms with E-state index in [4.69, 9.17) is 5.73 Å². The third kappa shape index (κ3) is 2.08. The van der Waals surface area contributed by atoms with Crippen LogP contribution in [-0.2, 0) is 0 Å². The van der Waals surface area contributed by atoms with Gasteiger partial charge in [0.25, 0.3) is 0 Å². The van der Waals surface area contributed by atoms with Gasteiger partial charge < -0.3 is 5.73 Å². The molecule has 0 saturated carbocycles. The average molecular weight is 255 g/mol. The van der Waals surface area contributed by atoms with Crippen molar-refractivity contribution in [1.29, 1.82) is 0 Å². The van der Waals surface area contributed by atoms with Crippen molar-refractivity contribution < 1.29 is 0 Å². The molecular weight excluding hydrogens is 242 g/mol. The van der Waals surface area contributed by atoms with Crippen LogP contribution in [-0.4, -0.2) is 9.78 Å². The Morgan fingerprint density at radius 1 is 1.06 bits per heavy atom. The Morgan fingerprint density at radius 2 is 1.89 bits per heavy atom. The normalized spacial score (nSPS) is 12.5. The number of benzene rings is 1. The zero-order valence-electron chi connectivity index (χ0n) is 9.73. The quantitative estimate of drug-likeness (QED) is 0.782. The van der Waals surface area contributed by atoms with Crippen molar-refractivity contribution in [1.82, 2.24) is 9.78 Å². The van der Waals surface area contributed by atoms with Crippen molar-refractivity contribution in [2.45, 2.75) is 6.04 Å². The molecule has 0 saturated heterocycles. The summed E-state index contributed by atoms with van der Waals surface area (Å²) in [7, 11) is 0. The van der Waals surface area contributed by atoms with Crippen LogP contribution >= 0.6 is 11.3 Å². The minimum absolute atomic E-state index is 0.144. The maximum atomic E-state index is 6.19. The number of hydrogen-bond donors (Lipinski definition) is 1. The molecule has 1 unspecified atom stereocenters. The second kappa shape index (κ2) is 4.76. The fourth-order valence-corrected chi connectivity index (χ4v) is 2.58. The summed E-state index contributed by atoms with van der Waals surface area (Å²) in [6.45, 7) is 0. The number of hydrogen-bond acceptors (Lipinski definition) is 3.